The third-order valence-electron chi connectivity index (χ3n) is 5.01. The summed E-state index contributed by atoms with van der Waals surface area (Å²) in [5.74, 6) is 1.79. The lowest BCUT2D eigenvalue weighted by Gasteiger charge is -2.22. The normalized spacial score (nSPS) is 29.9. The molecule has 2 aliphatic carbocycles. The van der Waals surface area contributed by atoms with E-state index in [1.165, 1.54) is 37.7 Å². The van der Waals surface area contributed by atoms with Crippen molar-refractivity contribution in [3.8, 4) is 0 Å². The molecular weight excluding hydrogens is 248 g/mol. The van der Waals surface area contributed by atoms with Crippen molar-refractivity contribution >= 4 is 5.97 Å². The smallest absolute Gasteiger partial charge is 0.309 e. The van der Waals surface area contributed by atoms with E-state index in [1.54, 1.807) is 0 Å². The predicted molar refractivity (Wildman–Crippen MR) is 79.4 cm³/mol. The molecule has 2 saturated carbocycles. The van der Waals surface area contributed by atoms with Gasteiger partial charge in [0.15, 0.2) is 0 Å². The number of carbonyl (C=O) groups excluding carboxylic acids is 1. The van der Waals surface area contributed by atoms with E-state index in [0.29, 0.717) is 18.4 Å². The lowest BCUT2D eigenvalue weighted by atomic mass is 9.84. The van der Waals surface area contributed by atoms with Gasteiger partial charge in [-0.15, -0.1) is 0 Å². The molecule has 2 nitrogen and oxygen atoms in total. The second kappa shape index (κ2) is 5.99. The Balaban J connectivity index is 1.77. The van der Waals surface area contributed by atoms with Gasteiger partial charge in [-0.25, -0.2) is 0 Å². The van der Waals surface area contributed by atoms with Crippen LogP contribution in [0, 0.1) is 17.8 Å². The van der Waals surface area contributed by atoms with Gasteiger partial charge in [-0.2, -0.15) is 0 Å². The van der Waals surface area contributed by atoms with Crippen molar-refractivity contribution in [1.29, 1.82) is 0 Å². The Morgan fingerprint density at radius 1 is 1.15 bits per heavy atom. The fraction of sp³-hybridized carbons (Fsp3) is 0.611. The Morgan fingerprint density at radius 2 is 1.85 bits per heavy atom. The molecular formula is C18H24O2. The monoisotopic (exact) mass is 272 g/mol. The van der Waals surface area contributed by atoms with Crippen LogP contribution in [0.1, 0.15) is 50.5 Å². The second-order valence-corrected chi connectivity index (χ2v) is 6.19. The minimum atomic E-state index is 0.0249. The van der Waals surface area contributed by atoms with Crippen LogP contribution < -0.4 is 0 Å². The van der Waals surface area contributed by atoms with Crippen LogP contribution >= 0.6 is 0 Å². The van der Waals surface area contributed by atoms with Crippen molar-refractivity contribution < 1.29 is 9.53 Å². The second-order valence-electron chi connectivity index (χ2n) is 6.19. The summed E-state index contributed by atoms with van der Waals surface area (Å²) < 4.78 is 5.30. The first-order valence-electron chi connectivity index (χ1n) is 8.04. The van der Waals surface area contributed by atoms with Crippen molar-refractivity contribution in [2.75, 3.05) is 6.61 Å². The molecule has 2 fully saturated rings. The van der Waals surface area contributed by atoms with Gasteiger partial charge in [0.05, 0.1) is 12.5 Å². The number of benzene rings is 1. The molecule has 0 spiro atoms. The number of carbonyl (C=O) groups is 1. The third-order valence-corrected chi connectivity index (χ3v) is 5.01. The van der Waals surface area contributed by atoms with Gasteiger partial charge >= 0.3 is 5.97 Å². The zero-order valence-corrected chi connectivity index (χ0v) is 12.3. The summed E-state index contributed by atoms with van der Waals surface area (Å²) in [6.45, 7) is 2.39. The van der Waals surface area contributed by atoms with E-state index in [1.807, 2.05) is 13.0 Å². The number of hydrogen-bond donors (Lipinski definition) is 0. The topological polar surface area (TPSA) is 26.3 Å². The molecule has 0 bridgehead atoms. The summed E-state index contributed by atoms with van der Waals surface area (Å²) >= 11 is 0. The highest BCUT2D eigenvalue weighted by Gasteiger charge is 2.59. The van der Waals surface area contributed by atoms with Gasteiger partial charge in [-0.05, 0) is 24.3 Å². The van der Waals surface area contributed by atoms with E-state index in [9.17, 15) is 4.79 Å². The Kier molecular flexibility index (Phi) is 4.09. The van der Waals surface area contributed by atoms with Gasteiger partial charge in [0, 0.05) is 5.92 Å². The standard InChI is InChI=1S/C18H24O2/c1-2-20-18(19)17-15(13-9-5-3-6-10-13)16(17)14-11-7-4-8-12-14/h3,5-6,9-10,14-17H,2,4,7-8,11-12H2,1H3. The first kappa shape index (κ1) is 13.7. The van der Waals surface area contributed by atoms with E-state index < -0.39 is 0 Å². The lowest BCUT2D eigenvalue weighted by Crippen LogP contribution is -2.14. The van der Waals surface area contributed by atoms with Crippen LogP contribution in [-0.4, -0.2) is 12.6 Å². The molecule has 0 aliphatic heterocycles. The minimum Gasteiger partial charge on any atom is -0.466 e. The fourth-order valence-electron chi connectivity index (χ4n) is 4.09. The molecule has 0 heterocycles. The lowest BCUT2D eigenvalue weighted by molar-refractivity contribution is -0.145. The largest absolute Gasteiger partial charge is 0.466 e. The van der Waals surface area contributed by atoms with Crippen LogP contribution in [0.15, 0.2) is 30.3 Å². The fourth-order valence-corrected chi connectivity index (χ4v) is 4.09. The maximum atomic E-state index is 12.2. The third kappa shape index (κ3) is 2.61. The van der Waals surface area contributed by atoms with Crippen LogP contribution in [0.3, 0.4) is 0 Å². The van der Waals surface area contributed by atoms with Crippen LogP contribution in [0.5, 0.6) is 0 Å². The highest BCUT2D eigenvalue weighted by molar-refractivity contribution is 5.78. The van der Waals surface area contributed by atoms with Crippen molar-refractivity contribution in [2.24, 2.45) is 17.8 Å². The van der Waals surface area contributed by atoms with E-state index in [-0.39, 0.29) is 11.9 Å². The number of ether oxygens (including phenoxy) is 1. The maximum absolute atomic E-state index is 12.2. The maximum Gasteiger partial charge on any atom is 0.309 e. The van der Waals surface area contributed by atoms with Gasteiger partial charge in [0.25, 0.3) is 0 Å². The number of rotatable bonds is 4. The highest BCUT2D eigenvalue weighted by Crippen LogP contribution is 2.60. The van der Waals surface area contributed by atoms with Gasteiger partial charge in [-0.3, -0.25) is 4.79 Å². The Bertz CT molecular complexity index is 448. The molecule has 3 rings (SSSR count). The Hall–Kier alpha value is -1.31. The average Bonchev–Trinajstić information content (AvgIpc) is 3.25. The molecule has 0 aromatic heterocycles. The van der Waals surface area contributed by atoms with Crippen LogP contribution in [0.25, 0.3) is 0 Å². The van der Waals surface area contributed by atoms with Gasteiger partial charge in [0.2, 0.25) is 0 Å². The van der Waals surface area contributed by atoms with Crippen LogP contribution in [0.4, 0.5) is 0 Å². The van der Waals surface area contributed by atoms with Gasteiger partial charge in [0.1, 0.15) is 0 Å². The van der Waals surface area contributed by atoms with Crippen molar-refractivity contribution in [3.05, 3.63) is 35.9 Å². The Morgan fingerprint density at radius 3 is 2.50 bits per heavy atom. The summed E-state index contributed by atoms with van der Waals surface area (Å²) in [5, 5.41) is 0. The van der Waals surface area contributed by atoms with Crippen molar-refractivity contribution in [1.82, 2.24) is 0 Å². The minimum absolute atomic E-state index is 0.0249. The summed E-state index contributed by atoms with van der Waals surface area (Å²) in [5.41, 5.74) is 1.32. The zero-order valence-electron chi connectivity index (χ0n) is 12.3. The SMILES string of the molecule is CCOC(=O)C1C(c2ccccc2)C1C1CCCCC1. The Labute approximate surface area is 121 Å². The summed E-state index contributed by atoms with van der Waals surface area (Å²) in [7, 11) is 0. The first-order chi connectivity index (χ1) is 9.83. The van der Waals surface area contributed by atoms with Gasteiger partial charge < -0.3 is 4.74 Å². The molecule has 1 aromatic carbocycles. The molecule has 0 saturated heterocycles. The molecule has 0 radical (unpaired) electrons. The molecule has 108 valence electrons. The average molecular weight is 272 g/mol. The summed E-state index contributed by atoms with van der Waals surface area (Å²) in [6, 6.07) is 10.5. The number of esters is 1. The first-order valence-corrected chi connectivity index (χ1v) is 8.04. The predicted octanol–water partition coefficient (Wildman–Crippen LogP) is 4.16. The van der Waals surface area contributed by atoms with E-state index in [4.69, 9.17) is 4.74 Å². The molecule has 20 heavy (non-hydrogen) atoms. The molecule has 0 N–H and O–H groups in total. The molecule has 0 amide bonds. The molecule has 3 atom stereocenters. The number of hydrogen-bond acceptors (Lipinski definition) is 2. The molecule has 2 aliphatic rings. The van der Waals surface area contributed by atoms with Gasteiger partial charge in [-0.1, -0.05) is 62.4 Å². The van der Waals surface area contributed by atoms with Crippen molar-refractivity contribution in [3.63, 3.8) is 0 Å². The molecule has 3 unspecified atom stereocenters. The van der Waals surface area contributed by atoms with E-state index in [2.05, 4.69) is 24.3 Å². The summed E-state index contributed by atoms with van der Waals surface area (Å²) in [4.78, 5) is 12.2. The zero-order chi connectivity index (χ0) is 13.9. The molecule has 2 heteroatoms. The highest BCUT2D eigenvalue weighted by atomic mass is 16.5. The van der Waals surface area contributed by atoms with Crippen molar-refractivity contribution in [2.45, 2.75) is 44.9 Å². The van der Waals surface area contributed by atoms with Crippen LogP contribution in [-0.2, 0) is 9.53 Å². The molecule has 1 aromatic rings. The van der Waals surface area contributed by atoms with Crippen LogP contribution in [0.2, 0.25) is 0 Å². The van der Waals surface area contributed by atoms with E-state index >= 15 is 0 Å². The summed E-state index contributed by atoms with van der Waals surface area (Å²) in [6.07, 6.45) is 6.62. The quantitative estimate of drug-likeness (QED) is 0.769. The van der Waals surface area contributed by atoms with E-state index in [0.717, 1.165) is 5.92 Å².